The second-order valence-electron chi connectivity index (χ2n) is 4.04. The van der Waals surface area contributed by atoms with Gasteiger partial charge in [-0.15, -0.1) is 0 Å². The molecule has 0 saturated carbocycles. The highest BCUT2D eigenvalue weighted by Crippen LogP contribution is 2.27. The summed E-state index contributed by atoms with van der Waals surface area (Å²) >= 11 is 0. The van der Waals surface area contributed by atoms with Crippen LogP contribution in [0.5, 0.6) is 0 Å². The van der Waals surface area contributed by atoms with Crippen molar-refractivity contribution in [2.45, 2.75) is 31.7 Å². The van der Waals surface area contributed by atoms with Crippen molar-refractivity contribution < 1.29 is 0 Å². The van der Waals surface area contributed by atoms with Crippen LogP contribution in [0.2, 0.25) is 0 Å². The fourth-order valence-electron chi connectivity index (χ4n) is 2.03. The van der Waals surface area contributed by atoms with Crippen LogP contribution in [-0.4, -0.2) is 11.0 Å². The molecule has 0 aliphatic heterocycles. The molecule has 80 valence electrons. The van der Waals surface area contributed by atoms with Crippen molar-refractivity contribution in [3.63, 3.8) is 0 Å². The summed E-state index contributed by atoms with van der Waals surface area (Å²) in [5.41, 5.74) is 14.1. The van der Waals surface area contributed by atoms with E-state index in [1.807, 2.05) is 12.1 Å². The van der Waals surface area contributed by atoms with Gasteiger partial charge in [-0.2, -0.15) is 0 Å². The molecule has 0 spiro atoms. The molecule has 0 aromatic carbocycles. The third kappa shape index (κ3) is 2.36. The number of pyridine rings is 1. The van der Waals surface area contributed by atoms with Crippen molar-refractivity contribution in [2.24, 2.45) is 5.73 Å². The molecular formula is C12H17N3. The number of aromatic nitrogens is 1. The predicted molar refractivity (Wildman–Crippen MR) is 63.1 cm³/mol. The van der Waals surface area contributed by atoms with E-state index in [4.69, 9.17) is 11.5 Å². The third-order valence-corrected chi connectivity index (χ3v) is 2.83. The Bertz CT molecular complexity index is 371. The number of nitrogens with zero attached hydrogens (tertiary/aromatic N) is 1. The number of anilines is 1. The van der Waals surface area contributed by atoms with Gasteiger partial charge in [0.15, 0.2) is 0 Å². The van der Waals surface area contributed by atoms with Crippen LogP contribution in [0.3, 0.4) is 0 Å². The van der Waals surface area contributed by atoms with Gasteiger partial charge in [0.2, 0.25) is 0 Å². The largest absolute Gasteiger partial charge is 0.383 e. The van der Waals surface area contributed by atoms with E-state index in [1.165, 1.54) is 18.4 Å². The number of rotatable bonds is 1. The van der Waals surface area contributed by atoms with Crippen LogP contribution in [-0.2, 0) is 0 Å². The zero-order valence-electron chi connectivity index (χ0n) is 8.82. The lowest BCUT2D eigenvalue weighted by molar-refractivity contribution is 0.658. The maximum absolute atomic E-state index is 5.97. The summed E-state index contributed by atoms with van der Waals surface area (Å²) in [6, 6.07) is 4.11. The maximum atomic E-state index is 5.97. The number of hydrogen-bond donors (Lipinski definition) is 2. The lowest BCUT2D eigenvalue weighted by Crippen LogP contribution is -2.15. The first-order valence-corrected chi connectivity index (χ1v) is 5.44. The van der Waals surface area contributed by atoms with Gasteiger partial charge in [0.05, 0.1) is 0 Å². The molecule has 15 heavy (non-hydrogen) atoms. The average molecular weight is 203 g/mol. The van der Waals surface area contributed by atoms with E-state index in [9.17, 15) is 0 Å². The Kier molecular flexibility index (Phi) is 3.02. The Morgan fingerprint density at radius 1 is 1.33 bits per heavy atom. The van der Waals surface area contributed by atoms with Crippen molar-refractivity contribution in [2.75, 3.05) is 5.73 Å². The molecule has 0 amide bonds. The van der Waals surface area contributed by atoms with Gasteiger partial charge in [-0.25, -0.2) is 4.98 Å². The normalized spacial score (nSPS) is 21.9. The Hall–Kier alpha value is -1.35. The Labute approximate surface area is 90.2 Å². The highest BCUT2D eigenvalue weighted by Gasteiger charge is 2.11. The van der Waals surface area contributed by atoms with E-state index in [2.05, 4.69) is 11.1 Å². The molecule has 1 heterocycles. The van der Waals surface area contributed by atoms with Crippen molar-refractivity contribution in [1.29, 1.82) is 0 Å². The molecule has 3 nitrogen and oxygen atoms in total. The smallest absolute Gasteiger partial charge is 0.130 e. The van der Waals surface area contributed by atoms with Gasteiger partial charge < -0.3 is 11.5 Å². The van der Waals surface area contributed by atoms with Crippen LogP contribution in [0.4, 0.5) is 5.82 Å². The fourth-order valence-corrected chi connectivity index (χ4v) is 2.03. The first kappa shape index (κ1) is 10.2. The summed E-state index contributed by atoms with van der Waals surface area (Å²) in [6.45, 7) is 0. The highest BCUT2D eigenvalue weighted by molar-refractivity contribution is 5.73. The Morgan fingerprint density at radius 2 is 2.20 bits per heavy atom. The lowest BCUT2D eigenvalue weighted by atomic mass is 10.0. The number of nitrogen functional groups attached to an aromatic ring is 1. The minimum atomic E-state index is 0.169. The Balaban J connectivity index is 2.33. The maximum Gasteiger partial charge on any atom is 0.130 e. The molecule has 0 radical (unpaired) electrons. The van der Waals surface area contributed by atoms with Crippen LogP contribution in [0.1, 0.15) is 31.2 Å². The molecule has 4 N–H and O–H groups in total. The van der Waals surface area contributed by atoms with E-state index >= 15 is 0 Å². The quantitative estimate of drug-likeness (QED) is 0.733. The molecule has 1 unspecified atom stereocenters. The van der Waals surface area contributed by atoms with Gasteiger partial charge in [-0.3, -0.25) is 0 Å². The van der Waals surface area contributed by atoms with Gasteiger partial charge in [-0.05, 0) is 37.0 Å². The zero-order valence-corrected chi connectivity index (χ0v) is 8.82. The van der Waals surface area contributed by atoms with Crippen LogP contribution in [0, 0.1) is 0 Å². The lowest BCUT2D eigenvalue weighted by Gasteiger charge is -2.08. The van der Waals surface area contributed by atoms with Crippen molar-refractivity contribution >= 4 is 11.4 Å². The molecule has 2 rings (SSSR count). The standard InChI is InChI=1S/C12H17N3/c13-10-5-2-1-4-9(8-10)11-6-3-7-15-12(11)14/h3,6-8,10H,1-2,4-5,13H2,(H2,14,15). The molecule has 1 aromatic heterocycles. The van der Waals surface area contributed by atoms with Crippen molar-refractivity contribution in [1.82, 2.24) is 4.98 Å². The van der Waals surface area contributed by atoms with E-state index < -0.39 is 0 Å². The summed E-state index contributed by atoms with van der Waals surface area (Å²) < 4.78 is 0. The summed E-state index contributed by atoms with van der Waals surface area (Å²) in [4.78, 5) is 4.11. The molecule has 1 aliphatic carbocycles. The minimum Gasteiger partial charge on any atom is -0.383 e. The monoisotopic (exact) mass is 203 g/mol. The number of nitrogens with two attached hydrogens (primary N) is 2. The van der Waals surface area contributed by atoms with E-state index in [1.54, 1.807) is 6.20 Å². The van der Waals surface area contributed by atoms with Gasteiger partial charge >= 0.3 is 0 Å². The molecule has 3 heteroatoms. The Morgan fingerprint density at radius 3 is 3.00 bits per heavy atom. The first-order valence-electron chi connectivity index (χ1n) is 5.44. The van der Waals surface area contributed by atoms with E-state index in [-0.39, 0.29) is 6.04 Å². The second-order valence-corrected chi connectivity index (χ2v) is 4.04. The second kappa shape index (κ2) is 4.45. The fraction of sp³-hybridized carbons (Fsp3) is 0.417. The summed E-state index contributed by atoms with van der Waals surface area (Å²) in [6.07, 6.45) is 8.37. The SMILES string of the molecule is Nc1ncccc1C1=CC(N)CCCC1. The zero-order chi connectivity index (χ0) is 10.7. The molecule has 0 bridgehead atoms. The van der Waals surface area contributed by atoms with Crippen LogP contribution < -0.4 is 11.5 Å². The summed E-state index contributed by atoms with van der Waals surface area (Å²) in [5, 5.41) is 0. The van der Waals surface area contributed by atoms with E-state index in [0.717, 1.165) is 18.4 Å². The molecular weight excluding hydrogens is 186 g/mol. The van der Waals surface area contributed by atoms with Crippen molar-refractivity contribution in [3.05, 3.63) is 30.0 Å². The predicted octanol–water partition coefficient (Wildman–Crippen LogP) is 1.95. The molecule has 1 atom stereocenters. The number of hydrogen-bond acceptors (Lipinski definition) is 3. The molecule has 0 saturated heterocycles. The summed E-state index contributed by atoms with van der Waals surface area (Å²) in [5.74, 6) is 0.609. The van der Waals surface area contributed by atoms with Crippen LogP contribution in [0.15, 0.2) is 24.4 Å². The van der Waals surface area contributed by atoms with Gasteiger partial charge in [0.25, 0.3) is 0 Å². The van der Waals surface area contributed by atoms with Gasteiger partial charge in [-0.1, -0.05) is 12.5 Å². The topological polar surface area (TPSA) is 64.9 Å². The molecule has 0 fully saturated rings. The third-order valence-electron chi connectivity index (χ3n) is 2.83. The molecule has 1 aliphatic rings. The highest BCUT2D eigenvalue weighted by atomic mass is 14.8. The molecule has 1 aromatic rings. The first-order chi connectivity index (χ1) is 7.27. The van der Waals surface area contributed by atoms with Crippen LogP contribution in [0.25, 0.3) is 5.57 Å². The minimum absolute atomic E-state index is 0.169. The van der Waals surface area contributed by atoms with Gasteiger partial charge in [0.1, 0.15) is 5.82 Å². The van der Waals surface area contributed by atoms with Crippen molar-refractivity contribution in [3.8, 4) is 0 Å². The van der Waals surface area contributed by atoms with E-state index in [0.29, 0.717) is 5.82 Å². The van der Waals surface area contributed by atoms with Crippen LogP contribution >= 0.6 is 0 Å². The number of allylic oxidation sites excluding steroid dienone is 1. The summed E-state index contributed by atoms with van der Waals surface area (Å²) in [7, 11) is 0. The van der Waals surface area contributed by atoms with Gasteiger partial charge in [0, 0.05) is 17.8 Å². The average Bonchev–Trinajstić information content (AvgIpc) is 2.43.